The molecule has 1 saturated carbocycles. The lowest BCUT2D eigenvalue weighted by Gasteiger charge is -2.36. The smallest absolute Gasteiger partial charge is 0.314 e. The Balaban J connectivity index is 2.42. The number of aliphatic hydroxyl groups is 1. The molecule has 2 bridgehead atoms. The van der Waals surface area contributed by atoms with Crippen molar-refractivity contribution in [3.05, 3.63) is 12.2 Å². The van der Waals surface area contributed by atoms with E-state index in [1.807, 2.05) is 13.8 Å². The molecule has 1 saturated heterocycles. The lowest BCUT2D eigenvalue weighted by molar-refractivity contribution is -0.143. The van der Waals surface area contributed by atoms with E-state index in [9.17, 15) is 9.90 Å². The second-order valence-electron chi connectivity index (χ2n) is 4.51. The van der Waals surface area contributed by atoms with Crippen LogP contribution in [0.4, 0.5) is 0 Å². The summed E-state index contributed by atoms with van der Waals surface area (Å²) in [7, 11) is 0. The number of hydrogen-bond acceptors (Lipinski definition) is 3. The van der Waals surface area contributed by atoms with Gasteiger partial charge in [0.05, 0.1) is 12.0 Å². The van der Waals surface area contributed by atoms with Crippen LogP contribution in [0.3, 0.4) is 0 Å². The van der Waals surface area contributed by atoms with E-state index in [4.69, 9.17) is 4.74 Å². The second-order valence-corrected chi connectivity index (χ2v) is 4.51. The zero-order valence-corrected chi connectivity index (χ0v) is 7.91. The van der Waals surface area contributed by atoms with Crippen LogP contribution in [-0.2, 0) is 9.53 Å². The van der Waals surface area contributed by atoms with Crippen LogP contribution in [0.5, 0.6) is 0 Å². The predicted octanol–water partition coefficient (Wildman–Crippen LogP) is 0.875. The number of fused-ring (bicyclic) bond motifs is 2. The van der Waals surface area contributed by atoms with Crippen molar-refractivity contribution in [2.24, 2.45) is 11.3 Å². The minimum atomic E-state index is -0.575. The molecule has 3 atom stereocenters. The average Bonchev–Trinajstić information content (AvgIpc) is 2.11. The Labute approximate surface area is 77.4 Å². The molecule has 1 aliphatic heterocycles. The largest absolute Gasteiger partial charge is 0.461 e. The summed E-state index contributed by atoms with van der Waals surface area (Å²) in [5, 5.41) is 9.58. The van der Waals surface area contributed by atoms with Gasteiger partial charge in [-0.1, -0.05) is 20.4 Å². The number of hydrogen-bond donors (Lipinski definition) is 1. The van der Waals surface area contributed by atoms with E-state index >= 15 is 0 Å². The molecular formula is C10H14O3. The zero-order valence-electron chi connectivity index (χ0n) is 7.91. The Hall–Kier alpha value is -0.830. The van der Waals surface area contributed by atoms with Gasteiger partial charge in [-0.3, -0.25) is 4.79 Å². The normalized spacial score (nSPS) is 41.9. The summed E-state index contributed by atoms with van der Waals surface area (Å²) >= 11 is 0. The number of carbonyl (C=O) groups excluding carboxylic acids is 1. The maximum Gasteiger partial charge on any atom is 0.314 e. The van der Waals surface area contributed by atoms with Gasteiger partial charge in [0.1, 0.15) is 6.10 Å². The number of carbonyl (C=O) groups is 1. The molecule has 1 heterocycles. The molecule has 72 valence electrons. The molecule has 3 heteroatoms. The van der Waals surface area contributed by atoms with Crippen molar-refractivity contribution in [3.8, 4) is 0 Å². The molecule has 0 aromatic heterocycles. The highest BCUT2D eigenvalue weighted by Gasteiger charge is 2.57. The first-order valence-electron chi connectivity index (χ1n) is 4.52. The number of ether oxygens (including phenoxy) is 1. The highest BCUT2D eigenvalue weighted by molar-refractivity contribution is 5.80. The fourth-order valence-corrected chi connectivity index (χ4v) is 2.38. The fourth-order valence-electron chi connectivity index (χ4n) is 2.38. The molecule has 2 rings (SSSR count). The molecular weight excluding hydrogens is 168 g/mol. The summed E-state index contributed by atoms with van der Waals surface area (Å²) < 4.78 is 5.18. The third-order valence-corrected chi connectivity index (χ3v) is 3.30. The number of rotatable bonds is 0. The number of aliphatic hydroxyl groups excluding tert-OH is 1. The molecule has 0 radical (unpaired) electrons. The van der Waals surface area contributed by atoms with Gasteiger partial charge in [-0.2, -0.15) is 0 Å². The van der Waals surface area contributed by atoms with Crippen molar-refractivity contribution in [1.29, 1.82) is 0 Å². The summed E-state index contributed by atoms with van der Waals surface area (Å²) in [4.78, 5) is 11.4. The molecule has 2 aliphatic rings. The highest BCUT2D eigenvalue weighted by atomic mass is 16.6. The van der Waals surface area contributed by atoms with Gasteiger partial charge in [0.15, 0.2) is 0 Å². The molecule has 0 amide bonds. The number of esters is 1. The minimum absolute atomic E-state index is 0.148. The molecule has 1 aliphatic carbocycles. The Bertz CT molecular complexity index is 280. The Morgan fingerprint density at radius 1 is 1.62 bits per heavy atom. The quantitative estimate of drug-likeness (QED) is 0.446. The van der Waals surface area contributed by atoms with Crippen LogP contribution in [0.1, 0.15) is 20.3 Å². The minimum Gasteiger partial charge on any atom is -0.461 e. The SMILES string of the molecule is C=C1[C@@H]2C(=O)O[C@H](C[C@@H]1O)C2(C)C. The molecule has 0 unspecified atom stereocenters. The average molecular weight is 182 g/mol. The van der Waals surface area contributed by atoms with Crippen LogP contribution in [0.15, 0.2) is 12.2 Å². The first-order chi connectivity index (χ1) is 5.94. The van der Waals surface area contributed by atoms with E-state index in [0.29, 0.717) is 12.0 Å². The highest BCUT2D eigenvalue weighted by Crippen LogP contribution is 2.50. The topological polar surface area (TPSA) is 46.5 Å². The third kappa shape index (κ3) is 0.967. The summed E-state index contributed by atoms with van der Waals surface area (Å²) in [5.74, 6) is -0.544. The van der Waals surface area contributed by atoms with Crippen molar-refractivity contribution < 1.29 is 14.6 Å². The van der Waals surface area contributed by atoms with Gasteiger partial charge in [0, 0.05) is 11.8 Å². The first-order valence-corrected chi connectivity index (χ1v) is 4.52. The summed E-state index contributed by atoms with van der Waals surface area (Å²) in [6.45, 7) is 7.75. The monoisotopic (exact) mass is 182 g/mol. The van der Waals surface area contributed by atoms with E-state index in [1.54, 1.807) is 0 Å². The zero-order chi connectivity index (χ0) is 9.80. The van der Waals surface area contributed by atoms with Crippen molar-refractivity contribution >= 4 is 5.97 Å². The molecule has 0 spiro atoms. The van der Waals surface area contributed by atoms with E-state index in [0.717, 1.165) is 0 Å². The Morgan fingerprint density at radius 3 is 2.85 bits per heavy atom. The molecule has 0 aromatic carbocycles. The Morgan fingerprint density at radius 2 is 2.23 bits per heavy atom. The fraction of sp³-hybridized carbons (Fsp3) is 0.700. The summed E-state index contributed by atoms with van der Waals surface area (Å²) in [5.41, 5.74) is 0.414. The molecule has 3 nitrogen and oxygen atoms in total. The maximum absolute atomic E-state index is 11.4. The first kappa shape index (κ1) is 8.75. The van der Waals surface area contributed by atoms with Crippen LogP contribution in [0, 0.1) is 11.3 Å². The van der Waals surface area contributed by atoms with E-state index in [1.165, 1.54) is 0 Å². The van der Waals surface area contributed by atoms with Gasteiger partial charge in [-0.05, 0) is 5.57 Å². The molecule has 13 heavy (non-hydrogen) atoms. The maximum atomic E-state index is 11.4. The summed E-state index contributed by atoms with van der Waals surface area (Å²) in [6.07, 6.45) is -0.228. The van der Waals surface area contributed by atoms with Gasteiger partial charge < -0.3 is 9.84 Å². The van der Waals surface area contributed by atoms with Crippen LogP contribution >= 0.6 is 0 Å². The van der Waals surface area contributed by atoms with Crippen LogP contribution in [0.25, 0.3) is 0 Å². The van der Waals surface area contributed by atoms with Crippen LogP contribution in [0.2, 0.25) is 0 Å². The van der Waals surface area contributed by atoms with Gasteiger partial charge in [-0.15, -0.1) is 0 Å². The van der Waals surface area contributed by atoms with E-state index in [2.05, 4.69) is 6.58 Å². The Kier molecular flexibility index (Phi) is 1.58. The van der Waals surface area contributed by atoms with Gasteiger partial charge in [0.25, 0.3) is 0 Å². The van der Waals surface area contributed by atoms with Crippen LogP contribution in [-0.4, -0.2) is 23.3 Å². The van der Waals surface area contributed by atoms with Crippen LogP contribution < -0.4 is 0 Å². The second kappa shape index (κ2) is 2.35. The lowest BCUT2D eigenvalue weighted by Crippen LogP contribution is -2.41. The van der Waals surface area contributed by atoms with E-state index in [-0.39, 0.29) is 23.4 Å². The predicted molar refractivity (Wildman–Crippen MR) is 46.9 cm³/mol. The molecule has 1 N–H and O–H groups in total. The molecule has 0 aromatic rings. The van der Waals surface area contributed by atoms with Crippen molar-refractivity contribution in [1.82, 2.24) is 0 Å². The van der Waals surface area contributed by atoms with Crippen molar-refractivity contribution in [3.63, 3.8) is 0 Å². The van der Waals surface area contributed by atoms with Gasteiger partial charge >= 0.3 is 5.97 Å². The van der Waals surface area contributed by atoms with Crippen molar-refractivity contribution in [2.75, 3.05) is 0 Å². The standard InChI is InChI=1S/C10H14O3/c1-5-6(11)4-7-10(2,3)8(5)9(12)13-7/h6-8,11H,1,4H2,2-3H3/t6-,7+,8+/m0/s1. The molecule has 2 fully saturated rings. The van der Waals surface area contributed by atoms with Gasteiger partial charge in [0.2, 0.25) is 0 Å². The van der Waals surface area contributed by atoms with E-state index < -0.39 is 6.10 Å². The summed E-state index contributed by atoms with van der Waals surface area (Å²) in [6, 6.07) is 0. The lowest BCUT2D eigenvalue weighted by atomic mass is 9.66. The third-order valence-electron chi connectivity index (χ3n) is 3.30. The van der Waals surface area contributed by atoms with Gasteiger partial charge in [-0.25, -0.2) is 0 Å². The van der Waals surface area contributed by atoms with Crippen molar-refractivity contribution in [2.45, 2.75) is 32.5 Å².